The smallest absolute Gasteiger partial charge is 0.434 e. The molecular weight excluding hydrogens is 494 g/mol. The second-order valence-corrected chi connectivity index (χ2v) is 7.82. The van der Waals surface area contributed by atoms with Gasteiger partial charge in [0.15, 0.2) is 17.2 Å². The van der Waals surface area contributed by atoms with Gasteiger partial charge in [-0.1, -0.05) is 18.2 Å². The minimum absolute atomic E-state index is 0.0292. The Morgan fingerprint density at radius 3 is 2.22 bits per heavy atom. The van der Waals surface area contributed by atoms with E-state index in [-0.39, 0.29) is 34.9 Å². The van der Waals surface area contributed by atoms with Crippen LogP contribution in [0.5, 0.6) is 23.0 Å². The van der Waals surface area contributed by atoms with Crippen LogP contribution in [0.2, 0.25) is 0 Å². The van der Waals surface area contributed by atoms with E-state index in [0.29, 0.717) is 11.3 Å². The average molecular weight is 515 g/mol. The SMILES string of the molecule is COc1ccc(-c2c(-c3ccc(OCc4ccc(F)cc4)cc3O)nc(N)nc2C(F)(F)F)cc1OC. The standard InChI is InChI=1S/C26H21F4N3O4/c1-35-20-10-5-15(11-21(20)36-2)22-23(32-25(31)33-24(22)26(28,29)30)18-9-8-17(12-19(18)34)37-13-14-3-6-16(27)7-4-14/h3-12,34H,13H2,1-2H3,(H2,31,32,33). The van der Waals surface area contributed by atoms with Crippen molar-refractivity contribution in [1.29, 1.82) is 0 Å². The predicted molar refractivity (Wildman–Crippen MR) is 128 cm³/mol. The fourth-order valence-electron chi connectivity index (χ4n) is 3.69. The number of aromatic hydroxyl groups is 1. The lowest BCUT2D eigenvalue weighted by molar-refractivity contribution is -0.140. The zero-order chi connectivity index (χ0) is 26.7. The molecule has 0 aliphatic heterocycles. The number of hydrogen-bond donors (Lipinski definition) is 2. The summed E-state index contributed by atoms with van der Waals surface area (Å²) >= 11 is 0. The quantitative estimate of drug-likeness (QED) is 0.298. The lowest BCUT2D eigenvalue weighted by Crippen LogP contribution is -2.14. The molecule has 0 aliphatic carbocycles. The number of methoxy groups -OCH3 is 2. The molecule has 4 rings (SSSR count). The highest BCUT2D eigenvalue weighted by molar-refractivity contribution is 5.86. The highest BCUT2D eigenvalue weighted by Crippen LogP contribution is 2.45. The van der Waals surface area contributed by atoms with E-state index in [0.717, 1.165) is 0 Å². The number of nitrogen functional groups attached to an aromatic ring is 1. The maximum atomic E-state index is 14.1. The highest BCUT2D eigenvalue weighted by atomic mass is 19.4. The summed E-state index contributed by atoms with van der Waals surface area (Å²) in [5, 5.41) is 10.8. The molecule has 0 saturated carbocycles. The minimum atomic E-state index is -4.89. The van der Waals surface area contributed by atoms with Crippen LogP contribution in [0.25, 0.3) is 22.4 Å². The molecule has 0 saturated heterocycles. The summed E-state index contributed by atoms with van der Waals surface area (Å²) < 4.78 is 71.4. The van der Waals surface area contributed by atoms with E-state index >= 15 is 0 Å². The zero-order valence-electron chi connectivity index (χ0n) is 19.6. The van der Waals surface area contributed by atoms with E-state index < -0.39 is 34.9 Å². The number of aromatic nitrogens is 2. The number of benzene rings is 3. The number of rotatable bonds is 7. The molecule has 0 aliphatic rings. The van der Waals surface area contributed by atoms with Crippen LogP contribution in [0.1, 0.15) is 11.3 Å². The summed E-state index contributed by atoms with van der Waals surface area (Å²) in [7, 11) is 2.75. The van der Waals surface area contributed by atoms with Crippen LogP contribution in [0, 0.1) is 5.82 Å². The van der Waals surface area contributed by atoms with Gasteiger partial charge >= 0.3 is 6.18 Å². The van der Waals surface area contributed by atoms with E-state index in [9.17, 15) is 22.7 Å². The van der Waals surface area contributed by atoms with Gasteiger partial charge in [-0.2, -0.15) is 13.2 Å². The molecule has 0 amide bonds. The summed E-state index contributed by atoms with van der Waals surface area (Å²) in [6, 6.07) is 13.9. The van der Waals surface area contributed by atoms with Crippen LogP contribution >= 0.6 is 0 Å². The lowest BCUT2D eigenvalue weighted by atomic mass is 9.96. The number of halogens is 4. The third-order valence-corrected chi connectivity index (χ3v) is 5.41. The number of nitrogens with two attached hydrogens (primary N) is 1. The van der Waals surface area contributed by atoms with Crippen molar-refractivity contribution >= 4 is 5.95 Å². The van der Waals surface area contributed by atoms with Crippen molar-refractivity contribution < 1.29 is 36.9 Å². The summed E-state index contributed by atoms with van der Waals surface area (Å²) in [6.45, 7) is 0.0780. The molecule has 192 valence electrons. The molecule has 37 heavy (non-hydrogen) atoms. The largest absolute Gasteiger partial charge is 0.507 e. The highest BCUT2D eigenvalue weighted by Gasteiger charge is 2.38. The molecular formula is C26H21F4N3O4. The van der Waals surface area contributed by atoms with Gasteiger partial charge in [0, 0.05) is 17.2 Å². The van der Waals surface area contributed by atoms with Gasteiger partial charge in [-0.25, -0.2) is 14.4 Å². The van der Waals surface area contributed by atoms with E-state index in [1.807, 2.05) is 0 Å². The van der Waals surface area contributed by atoms with Gasteiger partial charge in [0.2, 0.25) is 5.95 Å². The number of alkyl halides is 3. The molecule has 7 nitrogen and oxygen atoms in total. The van der Waals surface area contributed by atoms with Gasteiger partial charge < -0.3 is 25.1 Å². The van der Waals surface area contributed by atoms with E-state index in [4.69, 9.17) is 19.9 Å². The first-order valence-corrected chi connectivity index (χ1v) is 10.8. The zero-order valence-corrected chi connectivity index (χ0v) is 19.6. The third kappa shape index (κ3) is 5.50. The van der Waals surface area contributed by atoms with Gasteiger partial charge in [-0.15, -0.1) is 0 Å². The van der Waals surface area contributed by atoms with Crippen molar-refractivity contribution in [1.82, 2.24) is 9.97 Å². The fraction of sp³-hybridized carbons (Fsp3) is 0.154. The van der Waals surface area contributed by atoms with Crippen molar-refractivity contribution in [3.63, 3.8) is 0 Å². The number of hydrogen-bond acceptors (Lipinski definition) is 7. The Hall–Kier alpha value is -4.54. The third-order valence-electron chi connectivity index (χ3n) is 5.41. The molecule has 3 N–H and O–H groups in total. The number of nitrogens with zero attached hydrogens (tertiary/aromatic N) is 2. The van der Waals surface area contributed by atoms with Crippen molar-refractivity contribution in [2.24, 2.45) is 0 Å². The van der Waals surface area contributed by atoms with Crippen molar-refractivity contribution in [2.75, 3.05) is 20.0 Å². The molecule has 0 atom stereocenters. The first-order chi connectivity index (χ1) is 17.6. The maximum absolute atomic E-state index is 14.1. The monoisotopic (exact) mass is 515 g/mol. The molecule has 1 heterocycles. The summed E-state index contributed by atoms with van der Waals surface area (Å²) in [6.07, 6.45) is -4.89. The molecule has 0 bridgehead atoms. The van der Waals surface area contributed by atoms with E-state index in [2.05, 4.69) is 9.97 Å². The van der Waals surface area contributed by atoms with E-state index in [1.54, 1.807) is 12.1 Å². The predicted octanol–water partition coefficient (Wildman–Crippen LogP) is 5.85. The second-order valence-electron chi connectivity index (χ2n) is 7.82. The Balaban J connectivity index is 1.81. The molecule has 0 spiro atoms. The summed E-state index contributed by atoms with van der Waals surface area (Å²) in [5.74, 6) is -0.685. The van der Waals surface area contributed by atoms with Crippen LogP contribution in [-0.2, 0) is 12.8 Å². The Morgan fingerprint density at radius 2 is 1.59 bits per heavy atom. The van der Waals surface area contributed by atoms with Crippen molar-refractivity contribution in [3.8, 4) is 45.4 Å². The van der Waals surface area contributed by atoms with Crippen LogP contribution in [0.15, 0.2) is 60.7 Å². The van der Waals surface area contributed by atoms with Crippen LogP contribution in [0.3, 0.4) is 0 Å². The van der Waals surface area contributed by atoms with Gasteiger partial charge in [-0.05, 0) is 47.5 Å². The molecule has 0 radical (unpaired) electrons. The molecule has 0 fully saturated rings. The van der Waals surface area contributed by atoms with Gasteiger partial charge in [0.05, 0.1) is 19.9 Å². The second kappa shape index (κ2) is 10.2. The number of phenolic OH excluding ortho intramolecular Hbond substituents is 1. The normalized spacial score (nSPS) is 11.3. The van der Waals surface area contributed by atoms with Gasteiger partial charge in [-0.3, -0.25) is 0 Å². The summed E-state index contributed by atoms with van der Waals surface area (Å²) in [4.78, 5) is 7.50. The summed E-state index contributed by atoms with van der Waals surface area (Å²) in [5.41, 5.74) is 4.44. The first-order valence-electron chi connectivity index (χ1n) is 10.8. The first kappa shape index (κ1) is 25.5. The number of phenols is 1. The van der Waals surface area contributed by atoms with E-state index in [1.165, 1.54) is 62.8 Å². The molecule has 1 aromatic heterocycles. The molecule has 0 unspecified atom stereocenters. The van der Waals surface area contributed by atoms with Crippen molar-refractivity contribution in [2.45, 2.75) is 12.8 Å². The lowest BCUT2D eigenvalue weighted by Gasteiger charge is -2.18. The molecule has 4 aromatic rings. The Morgan fingerprint density at radius 1 is 0.892 bits per heavy atom. The van der Waals surface area contributed by atoms with Gasteiger partial charge in [0.1, 0.15) is 23.9 Å². The Kier molecular flexibility index (Phi) is 7.05. The van der Waals surface area contributed by atoms with Gasteiger partial charge in [0.25, 0.3) is 0 Å². The van der Waals surface area contributed by atoms with Crippen LogP contribution in [-0.4, -0.2) is 29.3 Å². The topological polar surface area (TPSA) is 99.7 Å². The number of anilines is 1. The molecule has 11 heteroatoms. The number of ether oxygens (including phenoxy) is 3. The molecule has 3 aromatic carbocycles. The Bertz CT molecular complexity index is 1430. The Labute approximate surface area is 209 Å². The van der Waals surface area contributed by atoms with Crippen molar-refractivity contribution in [3.05, 3.63) is 77.7 Å². The maximum Gasteiger partial charge on any atom is 0.434 e. The van der Waals surface area contributed by atoms with Crippen LogP contribution in [0.4, 0.5) is 23.5 Å². The fourth-order valence-corrected chi connectivity index (χ4v) is 3.69. The minimum Gasteiger partial charge on any atom is -0.507 e. The average Bonchev–Trinajstić information content (AvgIpc) is 2.87. The van der Waals surface area contributed by atoms with Crippen LogP contribution < -0.4 is 19.9 Å².